The Morgan fingerprint density at radius 3 is 3.00 bits per heavy atom. The number of hydrogen-bond donors (Lipinski definition) is 1. The van der Waals surface area contributed by atoms with E-state index in [2.05, 4.69) is 4.90 Å². The van der Waals surface area contributed by atoms with Gasteiger partial charge in [0.15, 0.2) is 0 Å². The van der Waals surface area contributed by atoms with Gasteiger partial charge in [0.25, 0.3) is 0 Å². The maximum absolute atomic E-state index is 11.1. The van der Waals surface area contributed by atoms with E-state index in [-0.39, 0.29) is 6.10 Å². The zero-order valence-corrected chi connectivity index (χ0v) is 12.5. The molecule has 2 unspecified atom stereocenters. The standard InChI is InChI=1S/C17H25NO2/c1-13(2)20-16-7-3-5-14(11-16)17(19)8-10-18-9-4-6-15(18)12-17/h3,5,7,11,13,15,19H,4,6,8-10,12H2,1-2H3. The highest BCUT2D eigenvalue weighted by Crippen LogP contribution is 2.40. The van der Waals surface area contributed by atoms with Crippen molar-refractivity contribution in [3.8, 4) is 5.75 Å². The van der Waals surface area contributed by atoms with Crippen LogP contribution < -0.4 is 4.74 Å². The molecule has 2 aliphatic rings. The number of fused-ring (bicyclic) bond motifs is 1. The third-order valence-corrected chi connectivity index (χ3v) is 4.63. The molecule has 3 nitrogen and oxygen atoms in total. The summed E-state index contributed by atoms with van der Waals surface area (Å²) in [5.41, 5.74) is 0.337. The molecule has 0 bridgehead atoms. The van der Waals surface area contributed by atoms with Gasteiger partial charge in [0.2, 0.25) is 0 Å². The van der Waals surface area contributed by atoms with Gasteiger partial charge in [0.05, 0.1) is 11.7 Å². The maximum atomic E-state index is 11.1. The molecule has 1 aromatic carbocycles. The van der Waals surface area contributed by atoms with Crippen LogP contribution in [0.25, 0.3) is 0 Å². The van der Waals surface area contributed by atoms with Crippen LogP contribution in [0.2, 0.25) is 0 Å². The van der Waals surface area contributed by atoms with Crippen molar-refractivity contribution in [1.82, 2.24) is 4.90 Å². The van der Waals surface area contributed by atoms with E-state index in [9.17, 15) is 5.11 Å². The van der Waals surface area contributed by atoms with E-state index < -0.39 is 5.60 Å². The third kappa shape index (κ3) is 2.70. The van der Waals surface area contributed by atoms with Crippen molar-refractivity contribution in [1.29, 1.82) is 0 Å². The van der Waals surface area contributed by atoms with Crippen LogP contribution >= 0.6 is 0 Å². The van der Waals surface area contributed by atoms with E-state index in [0.717, 1.165) is 30.7 Å². The Bertz CT molecular complexity index is 474. The van der Waals surface area contributed by atoms with Crippen molar-refractivity contribution < 1.29 is 9.84 Å². The molecular formula is C17H25NO2. The van der Waals surface area contributed by atoms with E-state index in [4.69, 9.17) is 4.74 Å². The average molecular weight is 275 g/mol. The predicted octanol–water partition coefficient (Wildman–Crippen LogP) is 2.92. The van der Waals surface area contributed by atoms with Gasteiger partial charge in [-0.2, -0.15) is 0 Å². The minimum atomic E-state index is -0.679. The van der Waals surface area contributed by atoms with Gasteiger partial charge in [0, 0.05) is 12.6 Å². The molecule has 1 N–H and O–H groups in total. The highest BCUT2D eigenvalue weighted by molar-refractivity contribution is 5.33. The van der Waals surface area contributed by atoms with Crippen LogP contribution in [0.4, 0.5) is 0 Å². The second-order valence-electron chi connectivity index (χ2n) is 6.51. The van der Waals surface area contributed by atoms with E-state index in [1.807, 2.05) is 38.1 Å². The number of piperidine rings is 1. The fourth-order valence-electron chi connectivity index (χ4n) is 3.63. The molecular weight excluding hydrogens is 250 g/mol. The minimum absolute atomic E-state index is 0.163. The van der Waals surface area contributed by atoms with E-state index in [1.165, 1.54) is 19.4 Å². The van der Waals surface area contributed by atoms with Crippen molar-refractivity contribution in [2.45, 2.75) is 57.3 Å². The molecule has 20 heavy (non-hydrogen) atoms. The Labute approximate surface area is 121 Å². The maximum Gasteiger partial charge on any atom is 0.120 e. The molecule has 0 saturated carbocycles. The molecule has 0 aliphatic carbocycles. The lowest BCUT2D eigenvalue weighted by Crippen LogP contribution is -2.45. The van der Waals surface area contributed by atoms with Gasteiger partial charge >= 0.3 is 0 Å². The van der Waals surface area contributed by atoms with Gasteiger partial charge in [0.1, 0.15) is 5.75 Å². The van der Waals surface area contributed by atoms with Gasteiger partial charge in [-0.05, 0) is 63.8 Å². The first kappa shape index (κ1) is 13.9. The molecule has 0 amide bonds. The molecule has 3 heteroatoms. The summed E-state index contributed by atoms with van der Waals surface area (Å²) in [5.74, 6) is 0.861. The zero-order chi connectivity index (χ0) is 14.2. The second kappa shape index (κ2) is 5.38. The van der Waals surface area contributed by atoms with Gasteiger partial charge in [-0.1, -0.05) is 12.1 Å². The van der Waals surface area contributed by atoms with Gasteiger partial charge in [-0.25, -0.2) is 0 Å². The van der Waals surface area contributed by atoms with E-state index in [0.29, 0.717) is 6.04 Å². The molecule has 0 aromatic heterocycles. The van der Waals surface area contributed by atoms with Crippen molar-refractivity contribution in [3.63, 3.8) is 0 Å². The fraction of sp³-hybridized carbons (Fsp3) is 0.647. The first-order valence-corrected chi connectivity index (χ1v) is 7.80. The number of aliphatic hydroxyl groups is 1. The normalized spacial score (nSPS) is 30.5. The summed E-state index contributed by atoms with van der Waals surface area (Å²) in [7, 11) is 0. The van der Waals surface area contributed by atoms with Gasteiger partial charge < -0.3 is 14.7 Å². The van der Waals surface area contributed by atoms with Crippen LogP contribution in [-0.2, 0) is 5.60 Å². The molecule has 2 fully saturated rings. The molecule has 2 aliphatic heterocycles. The van der Waals surface area contributed by atoms with E-state index in [1.54, 1.807) is 0 Å². The van der Waals surface area contributed by atoms with Crippen molar-refractivity contribution in [2.24, 2.45) is 0 Å². The quantitative estimate of drug-likeness (QED) is 0.920. The van der Waals surface area contributed by atoms with Gasteiger partial charge in [-0.3, -0.25) is 0 Å². The average Bonchev–Trinajstić information content (AvgIpc) is 2.85. The molecule has 2 heterocycles. The lowest BCUT2D eigenvalue weighted by atomic mass is 9.81. The van der Waals surface area contributed by atoms with Crippen LogP contribution in [0.1, 0.15) is 45.1 Å². The summed E-state index contributed by atoms with van der Waals surface area (Å²) in [6.45, 7) is 6.27. The predicted molar refractivity (Wildman–Crippen MR) is 79.9 cm³/mol. The smallest absolute Gasteiger partial charge is 0.120 e. The summed E-state index contributed by atoms with van der Waals surface area (Å²) in [5, 5.41) is 11.1. The Morgan fingerprint density at radius 1 is 1.35 bits per heavy atom. The fourth-order valence-corrected chi connectivity index (χ4v) is 3.63. The summed E-state index contributed by atoms with van der Waals surface area (Å²) >= 11 is 0. The number of benzene rings is 1. The molecule has 110 valence electrons. The van der Waals surface area contributed by atoms with Gasteiger partial charge in [-0.15, -0.1) is 0 Å². The number of nitrogens with zero attached hydrogens (tertiary/aromatic N) is 1. The molecule has 3 rings (SSSR count). The van der Waals surface area contributed by atoms with Crippen molar-refractivity contribution >= 4 is 0 Å². The van der Waals surface area contributed by atoms with Crippen LogP contribution in [0.5, 0.6) is 5.75 Å². The molecule has 2 saturated heterocycles. The summed E-state index contributed by atoms with van der Waals surface area (Å²) in [4.78, 5) is 2.53. The Morgan fingerprint density at radius 2 is 2.20 bits per heavy atom. The molecule has 2 atom stereocenters. The van der Waals surface area contributed by atoms with Crippen LogP contribution in [-0.4, -0.2) is 35.2 Å². The summed E-state index contributed by atoms with van der Waals surface area (Å²) < 4.78 is 5.76. The van der Waals surface area contributed by atoms with Crippen LogP contribution in [0.15, 0.2) is 24.3 Å². The topological polar surface area (TPSA) is 32.7 Å². The Hall–Kier alpha value is -1.06. The molecule has 1 aromatic rings. The largest absolute Gasteiger partial charge is 0.491 e. The van der Waals surface area contributed by atoms with Crippen molar-refractivity contribution in [3.05, 3.63) is 29.8 Å². The van der Waals surface area contributed by atoms with Crippen LogP contribution in [0.3, 0.4) is 0 Å². The SMILES string of the molecule is CC(C)Oc1cccc(C2(O)CCN3CCCC3C2)c1. The van der Waals surface area contributed by atoms with Crippen LogP contribution in [0, 0.1) is 0 Å². The summed E-state index contributed by atoms with van der Waals surface area (Å²) in [6.07, 6.45) is 4.35. The monoisotopic (exact) mass is 275 g/mol. The number of ether oxygens (including phenoxy) is 1. The molecule has 0 radical (unpaired) electrons. The highest BCUT2D eigenvalue weighted by atomic mass is 16.5. The van der Waals surface area contributed by atoms with E-state index >= 15 is 0 Å². The number of rotatable bonds is 3. The minimum Gasteiger partial charge on any atom is -0.491 e. The Balaban J connectivity index is 1.80. The highest BCUT2D eigenvalue weighted by Gasteiger charge is 2.41. The zero-order valence-electron chi connectivity index (χ0n) is 12.5. The first-order chi connectivity index (χ1) is 9.57. The lowest BCUT2D eigenvalue weighted by molar-refractivity contribution is -0.0410. The third-order valence-electron chi connectivity index (χ3n) is 4.63. The van der Waals surface area contributed by atoms with Crippen molar-refractivity contribution in [2.75, 3.05) is 13.1 Å². The first-order valence-electron chi connectivity index (χ1n) is 7.80. The molecule has 0 spiro atoms. The lowest BCUT2D eigenvalue weighted by Gasteiger charge is -2.41. The number of hydrogen-bond acceptors (Lipinski definition) is 3. The second-order valence-corrected chi connectivity index (χ2v) is 6.51. The summed E-state index contributed by atoms with van der Waals surface area (Å²) in [6, 6.07) is 8.58. The Kier molecular flexibility index (Phi) is 3.74.